The van der Waals surface area contributed by atoms with Crippen LogP contribution in [0, 0.1) is 19.3 Å². The molecule has 4 unspecified atom stereocenters. The van der Waals surface area contributed by atoms with Crippen molar-refractivity contribution < 1.29 is 21.4 Å². The first-order valence-electron chi connectivity index (χ1n) is 10.4. The van der Waals surface area contributed by atoms with Crippen molar-refractivity contribution >= 4 is 37.8 Å². The molecule has 1 aromatic heterocycles. The minimum absolute atomic E-state index is 0. The van der Waals surface area contributed by atoms with Gasteiger partial charge in [-0.25, -0.2) is 0 Å². The Labute approximate surface area is 204 Å². The molecule has 0 bridgehead atoms. The number of benzene rings is 1. The first-order chi connectivity index (χ1) is 14.6. The van der Waals surface area contributed by atoms with Crippen LogP contribution in [0.25, 0.3) is 21.6 Å². The Hall–Kier alpha value is -0.369. The summed E-state index contributed by atoms with van der Waals surface area (Å²) >= 11 is -0.556. The maximum atomic E-state index is 6.38. The molecule has 4 nitrogen and oxygen atoms in total. The van der Waals surface area contributed by atoms with Gasteiger partial charge in [-0.1, -0.05) is 55.6 Å². The molecule has 1 saturated heterocycles. The molecule has 1 saturated carbocycles. The summed E-state index contributed by atoms with van der Waals surface area (Å²) in [4.78, 5) is 0. The van der Waals surface area contributed by atoms with E-state index in [1.54, 1.807) is 0 Å². The second-order valence-corrected chi connectivity index (χ2v) is 15.9. The molecule has 8 heteroatoms. The van der Waals surface area contributed by atoms with Crippen LogP contribution < -0.4 is 0 Å². The van der Waals surface area contributed by atoms with Gasteiger partial charge in [0.05, 0.1) is 0 Å². The molecule has 164 valence electrons. The van der Waals surface area contributed by atoms with Crippen LogP contribution in [0.3, 0.4) is 0 Å². The zero-order chi connectivity index (χ0) is 21.1. The van der Waals surface area contributed by atoms with Gasteiger partial charge in [0, 0.05) is 11.3 Å². The van der Waals surface area contributed by atoms with Gasteiger partial charge in [0.2, 0.25) is 0 Å². The molecular weight excluding hydrogens is 481 g/mol. The summed E-state index contributed by atoms with van der Waals surface area (Å²) in [6, 6.07) is 10.7. The SMILES string of the molecule is C[Si](C)(C1C(c2cc3ccccc3o2)CC2C=CC=CC21)N1C[N-]C[N-]C1.[CH3-].[Cl][Ti+4][Cl]. The molecule has 4 atom stereocenters. The fraction of sp³-hybridized carbons (Fsp3) is 0.435. The third kappa shape index (κ3) is 5.25. The van der Waals surface area contributed by atoms with E-state index < -0.39 is 25.3 Å². The van der Waals surface area contributed by atoms with Crippen molar-refractivity contribution in [2.75, 3.05) is 20.0 Å². The number of fused-ring (bicyclic) bond motifs is 2. The molecule has 5 rings (SSSR count). The Balaban J connectivity index is 0.000000645. The van der Waals surface area contributed by atoms with Gasteiger partial charge < -0.3 is 27.0 Å². The van der Waals surface area contributed by atoms with Crippen LogP contribution in [0.1, 0.15) is 18.1 Å². The molecule has 0 radical (unpaired) electrons. The van der Waals surface area contributed by atoms with Crippen molar-refractivity contribution in [1.29, 1.82) is 0 Å². The number of furan rings is 1. The summed E-state index contributed by atoms with van der Waals surface area (Å²) in [7, 11) is 8.01. The number of allylic oxidation sites excluding steroid dienone is 4. The van der Waals surface area contributed by atoms with E-state index in [1.807, 2.05) is 0 Å². The van der Waals surface area contributed by atoms with Gasteiger partial charge in [0.25, 0.3) is 0 Å². The molecule has 0 N–H and O–H groups in total. The Morgan fingerprint density at radius 1 is 1.10 bits per heavy atom. The van der Waals surface area contributed by atoms with Gasteiger partial charge in [-0.05, 0) is 35.9 Å². The van der Waals surface area contributed by atoms with E-state index in [0.717, 1.165) is 18.9 Å². The molecule has 2 heterocycles. The van der Waals surface area contributed by atoms with Crippen LogP contribution >= 0.6 is 18.6 Å². The van der Waals surface area contributed by atoms with Crippen LogP contribution in [0.4, 0.5) is 0 Å². The van der Waals surface area contributed by atoms with Gasteiger partial charge in [-0.15, -0.1) is 13.3 Å². The molecule has 0 amide bonds. The van der Waals surface area contributed by atoms with Crippen molar-refractivity contribution in [3.63, 3.8) is 0 Å². The van der Waals surface area contributed by atoms with E-state index in [-0.39, 0.29) is 7.43 Å². The molecule has 1 aliphatic heterocycles. The predicted molar refractivity (Wildman–Crippen MR) is 131 cm³/mol. The van der Waals surface area contributed by atoms with Gasteiger partial charge >= 0.3 is 35.6 Å². The predicted octanol–water partition coefficient (Wildman–Crippen LogP) is 7.62. The normalized spacial score (nSPS) is 28.1. The van der Waals surface area contributed by atoms with E-state index >= 15 is 0 Å². The zero-order valence-corrected chi connectivity index (χ0v) is 22.4. The van der Waals surface area contributed by atoms with Crippen LogP contribution in [0.15, 0.2) is 59.1 Å². The third-order valence-corrected chi connectivity index (χ3v) is 11.2. The summed E-state index contributed by atoms with van der Waals surface area (Å²) in [5.74, 6) is 2.84. The Morgan fingerprint density at radius 3 is 2.48 bits per heavy atom. The molecule has 31 heavy (non-hydrogen) atoms. The fourth-order valence-corrected chi connectivity index (χ4v) is 9.40. The van der Waals surface area contributed by atoms with Gasteiger partial charge in [-0.3, -0.25) is 6.67 Å². The second kappa shape index (κ2) is 11.2. The molecule has 2 fully saturated rings. The maximum absolute atomic E-state index is 6.38. The third-order valence-electron chi connectivity index (χ3n) is 6.85. The topological polar surface area (TPSA) is 44.6 Å². The average Bonchev–Trinajstić information content (AvgIpc) is 3.36. The fourth-order valence-electron chi connectivity index (χ4n) is 5.46. The number of hydrogen-bond donors (Lipinski definition) is 0. The average molecular weight is 511 g/mol. The number of hydrogen-bond acceptors (Lipinski definition) is 2. The van der Waals surface area contributed by atoms with Crippen LogP contribution in [-0.2, 0) is 17.0 Å². The summed E-state index contributed by atoms with van der Waals surface area (Å²) in [6.07, 6.45) is 10.5. The van der Waals surface area contributed by atoms with Crippen molar-refractivity contribution in [2.24, 2.45) is 11.8 Å². The quantitative estimate of drug-likeness (QED) is 0.315. The van der Waals surface area contributed by atoms with Crippen molar-refractivity contribution in [1.82, 2.24) is 4.57 Å². The summed E-state index contributed by atoms with van der Waals surface area (Å²) in [5, 5.41) is 10.4. The molecule has 0 spiro atoms. The van der Waals surface area contributed by atoms with Gasteiger partial charge in [0.1, 0.15) is 19.6 Å². The van der Waals surface area contributed by atoms with Gasteiger partial charge in [-0.2, -0.15) is 0 Å². The first kappa shape index (κ1) is 25.3. The van der Waals surface area contributed by atoms with Crippen LogP contribution in [-0.4, -0.2) is 32.8 Å². The van der Waals surface area contributed by atoms with E-state index in [4.69, 9.17) is 23.0 Å². The van der Waals surface area contributed by atoms with E-state index in [2.05, 4.69) is 82.9 Å². The summed E-state index contributed by atoms with van der Waals surface area (Å²) in [6.45, 7) is 7.36. The minimum atomic E-state index is -1.77. The number of para-hydroxylation sites is 1. The van der Waals surface area contributed by atoms with Crippen molar-refractivity contribution in [3.05, 3.63) is 78.5 Å². The molecule has 2 aliphatic carbocycles. The van der Waals surface area contributed by atoms with E-state index in [9.17, 15) is 0 Å². The second-order valence-electron chi connectivity index (χ2n) is 8.70. The monoisotopic (exact) mass is 510 g/mol. The van der Waals surface area contributed by atoms with E-state index in [0.29, 0.717) is 30.0 Å². The van der Waals surface area contributed by atoms with Crippen molar-refractivity contribution in [2.45, 2.75) is 31.0 Å². The van der Waals surface area contributed by atoms with Gasteiger partial charge in [0.15, 0.2) is 0 Å². The van der Waals surface area contributed by atoms with Crippen LogP contribution in [0.2, 0.25) is 18.6 Å². The zero-order valence-electron chi connectivity index (χ0n) is 18.3. The number of rotatable bonds is 3. The van der Waals surface area contributed by atoms with Crippen molar-refractivity contribution in [3.8, 4) is 0 Å². The first-order valence-corrected chi connectivity index (χ1v) is 17.7. The van der Waals surface area contributed by atoms with Crippen LogP contribution in [0.5, 0.6) is 0 Å². The molecule has 2 aromatic rings. The number of halogens is 2. The summed E-state index contributed by atoms with van der Waals surface area (Å²) in [5.41, 5.74) is 1.61. The van der Waals surface area contributed by atoms with E-state index in [1.165, 1.54) is 17.6 Å². The summed E-state index contributed by atoms with van der Waals surface area (Å²) < 4.78 is 8.95. The molecule has 1 aromatic carbocycles. The Morgan fingerprint density at radius 2 is 1.77 bits per heavy atom. The Bertz CT molecular complexity index is 880. The molecule has 3 aliphatic rings. The molecular formula is C23H30Cl2N3OSiTi+. The number of nitrogens with zero attached hydrogens (tertiary/aromatic N) is 3. The Kier molecular flexibility index (Phi) is 9.10. The standard InChI is InChI=1S/C22H27N3OSi.CH3.2ClH.Ti/c1-27(2,25-14-23-13-24-15-25)22-18-9-5-3-7-16(18)11-19(22)21-12-17-8-4-6-10-20(17)26-21;;;;/h3-10,12,16,18-19,22H,11,13-15H2,1-2H3;1H3;2*1H;/q-2;-1;;;+6/p-2.